The summed E-state index contributed by atoms with van der Waals surface area (Å²) in [5.41, 5.74) is 2.25. The van der Waals surface area contributed by atoms with Gasteiger partial charge in [0.2, 0.25) is 0 Å². The summed E-state index contributed by atoms with van der Waals surface area (Å²) in [6, 6.07) is 12.2. The molecule has 1 saturated heterocycles. The fourth-order valence-corrected chi connectivity index (χ4v) is 2.43. The van der Waals surface area contributed by atoms with Crippen molar-refractivity contribution in [2.24, 2.45) is 0 Å². The molecule has 2 aromatic rings. The van der Waals surface area contributed by atoms with Gasteiger partial charge < -0.3 is 5.32 Å². The van der Waals surface area contributed by atoms with E-state index in [0.717, 1.165) is 30.2 Å². The van der Waals surface area contributed by atoms with Gasteiger partial charge in [-0.3, -0.25) is 0 Å². The Kier molecular flexibility index (Phi) is 3.33. The van der Waals surface area contributed by atoms with E-state index in [1.807, 2.05) is 30.5 Å². The Balaban J connectivity index is 1.89. The van der Waals surface area contributed by atoms with Gasteiger partial charge in [-0.05, 0) is 25.5 Å². The van der Waals surface area contributed by atoms with Crippen molar-refractivity contribution in [3.63, 3.8) is 0 Å². The van der Waals surface area contributed by atoms with Gasteiger partial charge in [-0.1, -0.05) is 30.3 Å². The SMILES string of the molecule is c1ccc(-c2nccc(C3CCCNC3)n2)cc1. The van der Waals surface area contributed by atoms with Gasteiger partial charge in [0.05, 0.1) is 0 Å². The molecule has 1 N–H and O–H groups in total. The summed E-state index contributed by atoms with van der Waals surface area (Å²) in [6.07, 6.45) is 4.33. The van der Waals surface area contributed by atoms with Crippen molar-refractivity contribution in [1.82, 2.24) is 15.3 Å². The van der Waals surface area contributed by atoms with E-state index in [-0.39, 0.29) is 0 Å². The predicted octanol–water partition coefficient (Wildman–Crippen LogP) is 2.61. The molecule has 0 spiro atoms. The summed E-state index contributed by atoms with van der Waals surface area (Å²) < 4.78 is 0. The minimum absolute atomic E-state index is 0.532. The first-order valence-corrected chi connectivity index (χ1v) is 6.52. The smallest absolute Gasteiger partial charge is 0.159 e. The fraction of sp³-hybridized carbons (Fsp3) is 0.333. The maximum Gasteiger partial charge on any atom is 0.159 e. The Morgan fingerprint density at radius 2 is 2.00 bits per heavy atom. The molecule has 1 aromatic heterocycles. The lowest BCUT2D eigenvalue weighted by Crippen LogP contribution is -2.28. The average Bonchev–Trinajstić information content (AvgIpc) is 2.49. The number of benzene rings is 1. The molecule has 0 aliphatic carbocycles. The minimum Gasteiger partial charge on any atom is -0.316 e. The summed E-state index contributed by atoms with van der Waals surface area (Å²) in [7, 11) is 0. The summed E-state index contributed by atoms with van der Waals surface area (Å²) >= 11 is 0. The molecule has 1 fully saturated rings. The third-order valence-corrected chi connectivity index (χ3v) is 3.42. The van der Waals surface area contributed by atoms with Crippen LogP contribution in [0.2, 0.25) is 0 Å². The van der Waals surface area contributed by atoms with Gasteiger partial charge in [0.25, 0.3) is 0 Å². The number of aromatic nitrogens is 2. The van der Waals surface area contributed by atoms with E-state index in [1.165, 1.54) is 12.8 Å². The van der Waals surface area contributed by atoms with Crippen LogP contribution in [-0.4, -0.2) is 23.1 Å². The molecule has 3 nitrogen and oxygen atoms in total. The van der Waals surface area contributed by atoms with E-state index in [0.29, 0.717) is 5.92 Å². The number of piperidine rings is 1. The highest BCUT2D eigenvalue weighted by Crippen LogP contribution is 2.23. The van der Waals surface area contributed by atoms with Crippen molar-refractivity contribution in [1.29, 1.82) is 0 Å². The first-order valence-electron chi connectivity index (χ1n) is 6.52. The number of hydrogen-bond acceptors (Lipinski definition) is 3. The Morgan fingerprint density at radius 3 is 2.78 bits per heavy atom. The molecule has 0 radical (unpaired) electrons. The van der Waals surface area contributed by atoms with E-state index >= 15 is 0 Å². The van der Waals surface area contributed by atoms with Crippen molar-refractivity contribution < 1.29 is 0 Å². The minimum atomic E-state index is 0.532. The van der Waals surface area contributed by atoms with Crippen LogP contribution in [0.25, 0.3) is 11.4 Å². The summed E-state index contributed by atoms with van der Waals surface area (Å²) in [5, 5.41) is 3.43. The molecule has 1 aliphatic heterocycles. The normalized spacial score (nSPS) is 19.7. The molecule has 2 heterocycles. The lowest BCUT2D eigenvalue weighted by Gasteiger charge is -2.22. The molecule has 1 aromatic carbocycles. The lowest BCUT2D eigenvalue weighted by molar-refractivity contribution is 0.454. The Hall–Kier alpha value is -1.74. The van der Waals surface area contributed by atoms with E-state index in [2.05, 4.69) is 22.4 Å². The molecule has 1 atom stereocenters. The monoisotopic (exact) mass is 239 g/mol. The standard InChI is InChI=1S/C15H17N3/c1-2-5-12(6-3-1)15-17-10-8-14(18-15)13-7-4-9-16-11-13/h1-3,5-6,8,10,13,16H,4,7,9,11H2. The van der Waals surface area contributed by atoms with Gasteiger partial charge in [-0.15, -0.1) is 0 Å². The maximum absolute atomic E-state index is 4.72. The number of hydrogen-bond donors (Lipinski definition) is 1. The molecule has 1 aliphatic rings. The third kappa shape index (κ3) is 2.41. The summed E-state index contributed by atoms with van der Waals surface area (Å²) in [6.45, 7) is 2.17. The van der Waals surface area contributed by atoms with Gasteiger partial charge in [0.15, 0.2) is 5.82 Å². The zero-order chi connectivity index (χ0) is 12.2. The molecule has 0 amide bonds. The Morgan fingerprint density at radius 1 is 1.11 bits per heavy atom. The van der Waals surface area contributed by atoms with Crippen LogP contribution in [0.15, 0.2) is 42.6 Å². The van der Waals surface area contributed by atoms with Crippen LogP contribution in [0.4, 0.5) is 0 Å². The average molecular weight is 239 g/mol. The van der Waals surface area contributed by atoms with Crippen LogP contribution in [-0.2, 0) is 0 Å². The highest BCUT2D eigenvalue weighted by molar-refractivity contribution is 5.54. The molecule has 1 unspecified atom stereocenters. The molecule has 3 rings (SSSR count). The highest BCUT2D eigenvalue weighted by Gasteiger charge is 2.16. The van der Waals surface area contributed by atoms with Gasteiger partial charge in [0, 0.05) is 29.9 Å². The van der Waals surface area contributed by atoms with Crippen LogP contribution in [0.1, 0.15) is 24.5 Å². The lowest BCUT2D eigenvalue weighted by atomic mass is 9.96. The Bertz CT molecular complexity index is 504. The van der Waals surface area contributed by atoms with Crippen LogP contribution >= 0.6 is 0 Å². The van der Waals surface area contributed by atoms with Crippen molar-refractivity contribution in [2.45, 2.75) is 18.8 Å². The van der Waals surface area contributed by atoms with E-state index in [4.69, 9.17) is 4.98 Å². The quantitative estimate of drug-likeness (QED) is 0.875. The molecule has 0 bridgehead atoms. The molecule has 92 valence electrons. The van der Waals surface area contributed by atoms with E-state index < -0.39 is 0 Å². The van der Waals surface area contributed by atoms with Crippen molar-refractivity contribution in [3.05, 3.63) is 48.3 Å². The highest BCUT2D eigenvalue weighted by atomic mass is 14.9. The second kappa shape index (κ2) is 5.27. The fourth-order valence-electron chi connectivity index (χ4n) is 2.43. The van der Waals surface area contributed by atoms with E-state index in [9.17, 15) is 0 Å². The molecule has 3 heteroatoms. The van der Waals surface area contributed by atoms with Crippen molar-refractivity contribution in [3.8, 4) is 11.4 Å². The third-order valence-electron chi connectivity index (χ3n) is 3.42. The zero-order valence-electron chi connectivity index (χ0n) is 10.3. The maximum atomic E-state index is 4.72. The van der Waals surface area contributed by atoms with E-state index in [1.54, 1.807) is 0 Å². The zero-order valence-corrected chi connectivity index (χ0v) is 10.3. The van der Waals surface area contributed by atoms with Gasteiger partial charge in [0.1, 0.15) is 0 Å². The van der Waals surface area contributed by atoms with Gasteiger partial charge in [-0.25, -0.2) is 9.97 Å². The first kappa shape index (κ1) is 11.4. The van der Waals surface area contributed by atoms with Crippen molar-refractivity contribution >= 4 is 0 Å². The number of nitrogens with zero attached hydrogens (tertiary/aromatic N) is 2. The second-order valence-corrected chi connectivity index (χ2v) is 4.71. The predicted molar refractivity (Wildman–Crippen MR) is 72.3 cm³/mol. The largest absolute Gasteiger partial charge is 0.316 e. The molecular weight excluding hydrogens is 222 g/mol. The number of nitrogens with one attached hydrogen (secondary N) is 1. The molecule has 0 saturated carbocycles. The first-order chi connectivity index (χ1) is 8.93. The van der Waals surface area contributed by atoms with Crippen LogP contribution in [0, 0.1) is 0 Å². The Labute approximate surface area is 107 Å². The van der Waals surface area contributed by atoms with Crippen LogP contribution in [0.3, 0.4) is 0 Å². The molecular formula is C15H17N3. The summed E-state index contributed by atoms with van der Waals surface area (Å²) in [5.74, 6) is 1.36. The van der Waals surface area contributed by atoms with Gasteiger partial charge >= 0.3 is 0 Å². The van der Waals surface area contributed by atoms with Crippen LogP contribution < -0.4 is 5.32 Å². The van der Waals surface area contributed by atoms with Gasteiger partial charge in [-0.2, -0.15) is 0 Å². The topological polar surface area (TPSA) is 37.8 Å². The number of rotatable bonds is 2. The second-order valence-electron chi connectivity index (χ2n) is 4.71. The molecule has 18 heavy (non-hydrogen) atoms. The van der Waals surface area contributed by atoms with Crippen LogP contribution in [0.5, 0.6) is 0 Å². The summed E-state index contributed by atoms with van der Waals surface area (Å²) in [4.78, 5) is 9.09. The van der Waals surface area contributed by atoms with Crippen molar-refractivity contribution in [2.75, 3.05) is 13.1 Å².